The Bertz CT molecular complexity index is 1110. The second kappa shape index (κ2) is 9.44. The smallest absolute Gasteiger partial charge is 0.262 e. The van der Waals surface area contributed by atoms with Gasteiger partial charge in [-0.2, -0.15) is 10.2 Å². The molecule has 164 valence electrons. The van der Waals surface area contributed by atoms with Crippen LogP contribution in [0.5, 0.6) is 0 Å². The lowest BCUT2D eigenvalue weighted by molar-refractivity contribution is -0.124. The molecule has 0 saturated heterocycles. The van der Waals surface area contributed by atoms with Gasteiger partial charge in [-0.1, -0.05) is 17.7 Å². The van der Waals surface area contributed by atoms with Crippen LogP contribution in [0.1, 0.15) is 35.6 Å². The molecule has 11 heteroatoms. The number of hydrogen-bond donors (Lipinski definition) is 3. The molecule has 0 aliphatic rings. The van der Waals surface area contributed by atoms with Crippen LogP contribution in [-0.2, 0) is 11.3 Å². The minimum atomic E-state index is -0.518. The number of carbonyl (C=O) groups excluding carboxylic acids is 1. The summed E-state index contributed by atoms with van der Waals surface area (Å²) in [6.07, 6.45) is 0. The zero-order valence-corrected chi connectivity index (χ0v) is 19.1. The molecule has 31 heavy (non-hydrogen) atoms. The lowest BCUT2D eigenvalue weighted by atomic mass is 10.2. The van der Waals surface area contributed by atoms with Crippen molar-refractivity contribution in [2.75, 3.05) is 5.32 Å². The number of nitrogens with zero attached hydrogens (tertiary/aromatic N) is 4. The number of anilines is 1. The van der Waals surface area contributed by atoms with Gasteiger partial charge in [-0.15, -0.1) is 0 Å². The molecule has 0 aliphatic carbocycles. The van der Waals surface area contributed by atoms with Crippen molar-refractivity contribution in [2.24, 2.45) is 0 Å². The summed E-state index contributed by atoms with van der Waals surface area (Å²) < 4.78 is 17.3. The number of amides is 1. The Morgan fingerprint density at radius 3 is 2.58 bits per heavy atom. The largest absolute Gasteiger partial charge is 0.315 e. The number of benzene rings is 1. The van der Waals surface area contributed by atoms with Crippen LogP contribution < -0.4 is 16.2 Å². The van der Waals surface area contributed by atoms with Gasteiger partial charge < -0.3 is 5.32 Å². The molecule has 0 radical (unpaired) electrons. The standard InChI is InChI=1S/C20H23ClFN7OS/c1-11-8-13(3)29(26-11)14(4)19(30)24-25-20(31)23-18-9-12(2)28(27-18)10-15-16(21)6-5-7-17(15)22/h5-9,14H,10H2,1-4H3,(H,24,30)(H2,23,25,27,31). The van der Waals surface area contributed by atoms with Gasteiger partial charge in [-0.25, -0.2) is 4.39 Å². The molecule has 3 N–H and O–H groups in total. The fourth-order valence-corrected chi connectivity index (χ4v) is 3.46. The van der Waals surface area contributed by atoms with Crippen molar-refractivity contribution in [3.63, 3.8) is 0 Å². The number of thiocarbonyl (C=S) groups is 1. The Morgan fingerprint density at radius 2 is 1.94 bits per heavy atom. The molecule has 0 saturated carbocycles. The van der Waals surface area contributed by atoms with Crippen molar-refractivity contribution in [2.45, 2.75) is 40.3 Å². The maximum absolute atomic E-state index is 14.1. The molecule has 0 spiro atoms. The first-order valence-corrected chi connectivity index (χ1v) is 10.3. The summed E-state index contributed by atoms with van der Waals surface area (Å²) in [6.45, 7) is 7.51. The molecule has 3 rings (SSSR count). The van der Waals surface area contributed by atoms with Gasteiger partial charge in [0.2, 0.25) is 0 Å². The average molecular weight is 464 g/mol. The van der Waals surface area contributed by atoms with Crippen LogP contribution >= 0.6 is 23.8 Å². The number of rotatable bonds is 5. The van der Waals surface area contributed by atoms with Crippen molar-refractivity contribution in [1.82, 2.24) is 30.4 Å². The van der Waals surface area contributed by atoms with E-state index in [-0.39, 0.29) is 17.6 Å². The number of halogens is 2. The van der Waals surface area contributed by atoms with Crippen LogP contribution in [0.2, 0.25) is 5.02 Å². The van der Waals surface area contributed by atoms with Crippen LogP contribution in [0.4, 0.5) is 10.2 Å². The van der Waals surface area contributed by atoms with E-state index in [2.05, 4.69) is 26.4 Å². The van der Waals surface area contributed by atoms with Crippen molar-refractivity contribution in [3.8, 4) is 0 Å². The van der Waals surface area contributed by atoms with E-state index in [4.69, 9.17) is 23.8 Å². The van der Waals surface area contributed by atoms with Gasteiger partial charge in [0, 0.05) is 28.0 Å². The van der Waals surface area contributed by atoms with Crippen molar-refractivity contribution in [1.29, 1.82) is 0 Å². The van der Waals surface area contributed by atoms with Gasteiger partial charge in [0.1, 0.15) is 11.9 Å². The molecule has 2 heterocycles. The number of aryl methyl sites for hydroxylation is 3. The maximum Gasteiger partial charge on any atom is 0.262 e. The fraction of sp³-hybridized carbons (Fsp3) is 0.300. The summed E-state index contributed by atoms with van der Waals surface area (Å²) in [5.41, 5.74) is 8.07. The summed E-state index contributed by atoms with van der Waals surface area (Å²) in [5, 5.41) is 12.1. The van der Waals surface area contributed by atoms with Gasteiger partial charge in [0.05, 0.1) is 12.2 Å². The van der Waals surface area contributed by atoms with E-state index in [1.807, 2.05) is 26.8 Å². The highest BCUT2D eigenvalue weighted by Gasteiger charge is 2.18. The Kier molecular flexibility index (Phi) is 6.91. The van der Waals surface area contributed by atoms with Crippen LogP contribution in [-0.4, -0.2) is 30.6 Å². The zero-order valence-electron chi connectivity index (χ0n) is 17.5. The average Bonchev–Trinajstić information content (AvgIpc) is 3.22. The topological polar surface area (TPSA) is 88.8 Å². The number of hydrazine groups is 1. The molecule has 8 nitrogen and oxygen atoms in total. The van der Waals surface area contributed by atoms with E-state index < -0.39 is 11.9 Å². The van der Waals surface area contributed by atoms with E-state index in [0.717, 1.165) is 17.1 Å². The quantitative estimate of drug-likeness (QED) is 0.397. The second-order valence-corrected chi connectivity index (χ2v) is 7.96. The van der Waals surface area contributed by atoms with Gasteiger partial charge in [0.25, 0.3) is 5.91 Å². The minimum Gasteiger partial charge on any atom is -0.315 e. The number of aromatic nitrogens is 4. The first-order chi connectivity index (χ1) is 14.7. The lowest BCUT2D eigenvalue weighted by Gasteiger charge is -2.16. The normalized spacial score (nSPS) is 11.8. The monoisotopic (exact) mass is 463 g/mol. The highest BCUT2D eigenvalue weighted by atomic mass is 35.5. The van der Waals surface area contributed by atoms with Crippen molar-refractivity contribution < 1.29 is 9.18 Å². The highest BCUT2D eigenvalue weighted by molar-refractivity contribution is 7.80. The number of hydrogen-bond acceptors (Lipinski definition) is 4. The molecule has 0 aliphatic heterocycles. The van der Waals surface area contributed by atoms with E-state index >= 15 is 0 Å². The molecule has 1 aromatic carbocycles. The molecule has 2 aromatic heterocycles. The Hall–Kier alpha value is -2.98. The van der Waals surface area contributed by atoms with E-state index in [1.165, 1.54) is 6.07 Å². The van der Waals surface area contributed by atoms with Crippen LogP contribution in [0.3, 0.4) is 0 Å². The third-order valence-corrected chi connectivity index (χ3v) is 5.24. The molecule has 1 atom stereocenters. The lowest BCUT2D eigenvalue weighted by Crippen LogP contribution is -2.46. The molecule has 1 unspecified atom stereocenters. The third-order valence-electron chi connectivity index (χ3n) is 4.68. The molecule has 0 bridgehead atoms. The van der Waals surface area contributed by atoms with E-state index in [9.17, 15) is 9.18 Å². The van der Waals surface area contributed by atoms with Crippen LogP contribution in [0.15, 0.2) is 30.3 Å². The fourth-order valence-electron chi connectivity index (χ4n) is 3.08. The first kappa shape index (κ1) is 22.7. The van der Waals surface area contributed by atoms with E-state index in [0.29, 0.717) is 16.4 Å². The van der Waals surface area contributed by atoms with Gasteiger partial charge in [0.15, 0.2) is 10.9 Å². The first-order valence-electron chi connectivity index (χ1n) is 9.52. The number of carbonyl (C=O) groups is 1. The second-order valence-electron chi connectivity index (χ2n) is 7.14. The summed E-state index contributed by atoms with van der Waals surface area (Å²) in [6, 6.07) is 7.68. The van der Waals surface area contributed by atoms with Crippen LogP contribution in [0, 0.1) is 26.6 Å². The minimum absolute atomic E-state index is 0.155. The predicted octanol–water partition coefficient (Wildman–Crippen LogP) is 3.42. The van der Waals surface area contributed by atoms with E-state index in [1.54, 1.807) is 34.5 Å². The van der Waals surface area contributed by atoms with Crippen molar-refractivity contribution >= 4 is 40.7 Å². The Labute approximate surface area is 189 Å². The Balaban J connectivity index is 1.58. The summed E-state index contributed by atoms with van der Waals surface area (Å²) in [4.78, 5) is 12.4. The summed E-state index contributed by atoms with van der Waals surface area (Å²) in [5.74, 6) is -0.247. The zero-order chi connectivity index (χ0) is 22.7. The third kappa shape index (κ3) is 5.39. The van der Waals surface area contributed by atoms with Gasteiger partial charge >= 0.3 is 0 Å². The maximum atomic E-state index is 14.1. The van der Waals surface area contributed by atoms with Gasteiger partial charge in [-0.3, -0.25) is 25.0 Å². The molecule has 1 amide bonds. The van der Waals surface area contributed by atoms with Crippen LogP contribution in [0.25, 0.3) is 0 Å². The molecular weight excluding hydrogens is 441 g/mol. The summed E-state index contributed by atoms with van der Waals surface area (Å²) in [7, 11) is 0. The summed E-state index contributed by atoms with van der Waals surface area (Å²) >= 11 is 11.3. The van der Waals surface area contributed by atoms with Gasteiger partial charge in [-0.05, 0) is 58.1 Å². The number of nitrogens with one attached hydrogen (secondary N) is 3. The highest BCUT2D eigenvalue weighted by Crippen LogP contribution is 2.21. The molecule has 0 fully saturated rings. The SMILES string of the molecule is Cc1cc(C)n(C(C)C(=O)NNC(=S)Nc2cc(C)n(Cc3c(F)cccc3Cl)n2)n1. The molecular formula is C20H23ClFN7OS. The van der Waals surface area contributed by atoms with Crippen molar-refractivity contribution in [3.05, 3.63) is 63.8 Å². The molecule has 3 aromatic rings. The predicted molar refractivity (Wildman–Crippen MR) is 121 cm³/mol. The Morgan fingerprint density at radius 1 is 1.19 bits per heavy atom.